The van der Waals surface area contributed by atoms with E-state index >= 15 is 0 Å². The molecular weight excluding hydrogens is 360 g/mol. The van der Waals surface area contributed by atoms with Crippen LogP contribution < -0.4 is 11.1 Å². The summed E-state index contributed by atoms with van der Waals surface area (Å²) in [6.07, 6.45) is 5.80. The Morgan fingerprint density at radius 1 is 1.10 bits per heavy atom. The lowest BCUT2D eigenvalue weighted by molar-refractivity contribution is -0.123. The second-order valence-electron chi connectivity index (χ2n) is 7.92. The van der Waals surface area contributed by atoms with Crippen molar-refractivity contribution in [2.75, 3.05) is 13.1 Å². The zero-order valence-electron chi connectivity index (χ0n) is 16.7. The molecule has 0 aliphatic carbocycles. The Bertz CT molecular complexity index is 982. The van der Waals surface area contributed by atoms with Crippen LogP contribution in [0.1, 0.15) is 29.5 Å². The van der Waals surface area contributed by atoms with Gasteiger partial charge >= 0.3 is 0 Å². The monoisotopic (exact) mass is 388 g/mol. The van der Waals surface area contributed by atoms with Crippen LogP contribution in [0.2, 0.25) is 0 Å². The van der Waals surface area contributed by atoms with Crippen molar-refractivity contribution >= 4 is 16.7 Å². The largest absolute Gasteiger partial charge is 0.369 e. The van der Waals surface area contributed by atoms with Crippen molar-refractivity contribution in [2.24, 2.45) is 11.7 Å². The Labute approximate surface area is 171 Å². The molecule has 4 rings (SSSR count). The number of carbonyl (C=O) groups is 1. The maximum absolute atomic E-state index is 11.5. The molecule has 5 nitrogen and oxygen atoms in total. The maximum Gasteiger partial charge on any atom is 0.221 e. The minimum atomic E-state index is -0.171. The number of rotatable bonds is 7. The number of carbonyl (C=O) groups excluding carboxylic acids is 1. The first-order chi connectivity index (χ1) is 14.2. The van der Waals surface area contributed by atoms with Crippen molar-refractivity contribution < 1.29 is 4.79 Å². The SMILES string of the molecule is NC(=O)C1CCCN(Cc2cccc(CNCc3cncc4ccccc34)c2)C1. The van der Waals surface area contributed by atoms with Crippen molar-refractivity contribution in [3.8, 4) is 0 Å². The van der Waals surface area contributed by atoms with Crippen LogP contribution in [0, 0.1) is 5.92 Å². The van der Waals surface area contributed by atoms with Gasteiger partial charge in [-0.1, -0.05) is 48.5 Å². The maximum atomic E-state index is 11.5. The predicted molar refractivity (Wildman–Crippen MR) is 116 cm³/mol. The van der Waals surface area contributed by atoms with Gasteiger partial charge in [0.05, 0.1) is 5.92 Å². The third kappa shape index (κ3) is 5.00. The van der Waals surface area contributed by atoms with Crippen LogP contribution in [0.5, 0.6) is 0 Å². The molecule has 0 spiro atoms. The van der Waals surface area contributed by atoms with Gasteiger partial charge in [-0.2, -0.15) is 0 Å². The normalized spacial score (nSPS) is 17.4. The summed E-state index contributed by atoms with van der Waals surface area (Å²) in [5.41, 5.74) is 9.26. The van der Waals surface area contributed by atoms with Crippen LogP contribution in [-0.4, -0.2) is 28.9 Å². The number of nitrogens with one attached hydrogen (secondary N) is 1. The molecule has 1 aliphatic rings. The average Bonchev–Trinajstić information content (AvgIpc) is 2.74. The third-order valence-corrected chi connectivity index (χ3v) is 5.70. The number of benzene rings is 2. The Balaban J connectivity index is 1.35. The molecule has 1 fully saturated rings. The van der Waals surface area contributed by atoms with E-state index < -0.39 is 0 Å². The van der Waals surface area contributed by atoms with Crippen molar-refractivity contribution in [3.05, 3.63) is 77.6 Å². The Morgan fingerprint density at radius 3 is 2.86 bits per heavy atom. The van der Waals surface area contributed by atoms with E-state index in [0.29, 0.717) is 0 Å². The minimum absolute atomic E-state index is 0.0112. The van der Waals surface area contributed by atoms with Crippen molar-refractivity contribution in [1.29, 1.82) is 0 Å². The van der Waals surface area contributed by atoms with Crippen LogP contribution >= 0.6 is 0 Å². The molecule has 1 aromatic heterocycles. The highest BCUT2D eigenvalue weighted by Crippen LogP contribution is 2.19. The van der Waals surface area contributed by atoms with Crippen molar-refractivity contribution in [1.82, 2.24) is 15.2 Å². The number of nitrogens with two attached hydrogens (primary N) is 1. The summed E-state index contributed by atoms with van der Waals surface area (Å²) in [5.74, 6) is -0.182. The molecule has 29 heavy (non-hydrogen) atoms. The summed E-state index contributed by atoms with van der Waals surface area (Å²) in [6.45, 7) is 4.25. The number of hydrogen-bond donors (Lipinski definition) is 2. The quantitative estimate of drug-likeness (QED) is 0.652. The molecule has 150 valence electrons. The molecule has 1 amide bonds. The number of hydrogen-bond acceptors (Lipinski definition) is 4. The van der Waals surface area contributed by atoms with E-state index in [1.807, 2.05) is 18.5 Å². The fourth-order valence-electron chi connectivity index (χ4n) is 4.19. The van der Waals surface area contributed by atoms with Crippen LogP contribution in [0.4, 0.5) is 0 Å². The lowest BCUT2D eigenvalue weighted by atomic mass is 9.97. The second kappa shape index (κ2) is 9.16. The van der Waals surface area contributed by atoms with Gasteiger partial charge < -0.3 is 11.1 Å². The summed E-state index contributed by atoms with van der Waals surface area (Å²) < 4.78 is 0. The average molecular weight is 389 g/mol. The molecular formula is C24H28N4O. The van der Waals surface area contributed by atoms with Crippen LogP contribution in [0.3, 0.4) is 0 Å². The molecule has 2 aromatic carbocycles. The first kappa shape index (κ1) is 19.6. The lowest BCUT2D eigenvalue weighted by Gasteiger charge is -2.31. The van der Waals surface area contributed by atoms with Gasteiger partial charge in [-0.05, 0) is 41.5 Å². The van der Waals surface area contributed by atoms with Gasteiger partial charge in [0.2, 0.25) is 5.91 Å². The van der Waals surface area contributed by atoms with Crippen LogP contribution in [-0.2, 0) is 24.4 Å². The van der Waals surface area contributed by atoms with Crippen LogP contribution in [0.25, 0.3) is 10.8 Å². The van der Waals surface area contributed by atoms with Gasteiger partial charge in [0.25, 0.3) is 0 Å². The Kier molecular flexibility index (Phi) is 6.17. The number of piperidine rings is 1. The minimum Gasteiger partial charge on any atom is -0.369 e. The topological polar surface area (TPSA) is 71.2 Å². The standard InChI is InChI=1S/C24H28N4O/c25-24(29)21-8-4-10-28(17-21)16-19-6-3-5-18(11-19)12-26-14-22-15-27-13-20-7-1-2-9-23(20)22/h1-3,5-7,9,11,13,15,21,26H,4,8,10,12,14,16-17H2,(H2,25,29). The first-order valence-electron chi connectivity index (χ1n) is 10.3. The Morgan fingerprint density at radius 2 is 1.97 bits per heavy atom. The fourth-order valence-corrected chi connectivity index (χ4v) is 4.19. The van der Waals surface area contributed by atoms with Crippen LogP contribution in [0.15, 0.2) is 60.9 Å². The first-order valence-corrected chi connectivity index (χ1v) is 10.3. The highest BCUT2D eigenvalue weighted by atomic mass is 16.1. The molecule has 1 aliphatic heterocycles. The van der Waals surface area contributed by atoms with E-state index in [1.165, 1.54) is 27.5 Å². The molecule has 2 heterocycles. The molecule has 1 unspecified atom stereocenters. The molecule has 3 N–H and O–H groups in total. The second-order valence-corrected chi connectivity index (χ2v) is 7.92. The number of primary amides is 1. The van der Waals surface area contributed by atoms with E-state index in [0.717, 1.165) is 45.6 Å². The molecule has 0 bridgehead atoms. The number of likely N-dealkylation sites (tertiary alicyclic amines) is 1. The van der Waals surface area contributed by atoms with Crippen molar-refractivity contribution in [2.45, 2.75) is 32.5 Å². The fraction of sp³-hybridized carbons (Fsp3) is 0.333. The number of nitrogens with zero attached hydrogens (tertiary/aromatic N) is 2. The number of pyridine rings is 1. The van der Waals surface area contributed by atoms with Gasteiger partial charge in [0.1, 0.15) is 0 Å². The van der Waals surface area contributed by atoms with E-state index in [2.05, 4.69) is 57.7 Å². The summed E-state index contributed by atoms with van der Waals surface area (Å²) in [6, 6.07) is 17.0. The zero-order valence-corrected chi connectivity index (χ0v) is 16.7. The molecule has 0 saturated carbocycles. The van der Waals surface area contributed by atoms with Gasteiger partial charge in [0.15, 0.2) is 0 Å². The number of fused-ring (bicyclic) bond motifs is 1. The number of aromatic nitrogens is 1. The van der Waals surface area contributed by atoms with E-state index in [4.69, 9.17) is 5.73 Å². The molecule has 0 radical (unpaired) electrons. The summed E-state index contributed by atoms with van der Waals surface area (Å²) in [5, 5.41) is 5.97. The summed E-state index contributed by atoms with van der Waals surface area (Å²) in [4.78, 5) is 18.2. The highest BCUT2D eigenvalue weighted by Gasteiger charge is 2.23. The predicted octanol–water partition coefficient (Wildman–Crippen LogP) is 3.22. The van der Waals surface area contributed by atoms with Crippen molar-refractivity contribution in [3.63, 3.8) is 0 Å². The number of amides is 1. The zero-order chi connectivity index (χ0) is 20.1. The highest BCUT2D eigenvalue weighted by molar-refractivity contribution is 5.84. The van der Waals surface area contributed by atoms with E-state index in [-0.39, 0.29) is 11.8 Å². The van der Waals surface area contributed by atoms with Gasteiger partial charge in [0, 0.05) is 44.0 Å². The van der Waals surface area contributed by atoms with Gasteiger partial charge in [-0.25, -0.2) is 0 Å². The Hall–Kier alpha value is -2.76. The molecule has 1 saturated heterocycles. The molecule has 1 atom stereocenters. The van der Waals surface area contributed by atoms with Gasteiger partial charge in [-0.3, -0.25) is 14.7 Å². The van der Waals surface area contributed by atoms with E-state index in [1.54, 1.807) is 0 Å². The molecule has 5 heteroatoms. The molecule has 3 aromatic rings. The lowest BCUT2D eigenvalue weighted by Crippen LogP contribution is -2.40. The smallest absolute Gasteiger partial charge is 0.221 e. The van der Waals surface area contributed by atoms with E-state index in [9.17, 15) is 4.79 Å². The third-order valence-electron chi connectivity index (χ3n) is 5.70. The van der Waals surface area contributed by atoms with Gasteiger partial charge in [-0.15, -0.1) is 0 Å². The summed E-state index contributed by atoms with van der Waals surface area (Å²) >= 11 is 0. The summed E-state index contributed by atoms with van der Waals surface area (Å²) in [7, 11) is 0.